The molecule has 0 radical (unpaired) electrons. The molecule has 0 aliphatic carbocycles. The van der Waals surface area contributed by atoms with Crippen molar-refractivity contribution >= 4 is 11.6 Å². The standard InChI is InChI=1S/C22H38ClN/c1-2-3-4-5-6-7-8-9-10-11-12-13-14-15-16-17-18-19-21-24-22-20-23/h6-7,9-10,12-13,15-16,24H,2-5,8,11,14,17-22H2,1H3/b7-6+,10-9+,13-12+,16-15+. The molecule has 0 rings (SSSR count). The van der Waals surface area contributed by atoms with Gasteiger partial charge in [0.15, 0.2) is 0 Å². The number of hydrogen-bond acceptors (Lipinski definition) is 1. The Morgan fingerprint density at radius 3 is 1.62 bits per heavy atom. The summed E-state index contributed by atoms with van der Waals surface area (Å²) in [6.45, 7) is 4.26. The summed E-state index contributed by atoms with van der Waals surface area (Å²) in [5, 5.41) is 3.31. The van der Waals surface area contributed by atoms with Crippen LogP contribution in [0.5, 0.6) is 0 Å². The highest BCUT2D eigenvalue weighted by atomic mass is 35.5. The molecule has 1 nitrogen and oxygen atoms in total. The van der Waals surface area contributed by atoms with Gasteiger partial charge < -0.3 is 5.32 Å². The fourth-order valence-electron chi connectivity index (χ4n) is 2.26. The van der Waals surface area contributed by atoms with Crippen LogP contribution in [0.4, 0.5) is 0 Å². The molecule has 0 unspecified atom stereocenters. The molecule has 24 heavy (non-hydrogen) atoms. The molecule has 0 amide bonds. The van der Waals surface area contributed by atoms with E-state index in [0.717, 1.165) is 32.4 Å². The molecule has 0 bridgehead atoms. The van der Waals surface area contributed by atoms with Gasteiger partial charge in [0.1, 0.15) is 0 Å². The number of alkyl halides is 1. The molecular weight excluding hydrogens is 314 g/mol. The zero-order valence-electron chi connectivity index (χ0n) is 15.7. The highest BCUT2D eigenvalue weighted by Crippen LogP contribution is 2.01. The Kier molecular flexibility index (Phi) is 21.5. The Bertz CT molecular complexity index is 342. The molecule has 0 aliphatic heterocycles. The van der Waals surface area contributed by atoms with Crippen LogP contribution in [0.2, 0.25) is 0 Å². The minimum Gasteiger partial charge on any atom is -0.316 e. The number of rotatable bonds is 17. The van der Waals surface area contributed by atoms with Crippen LogP contribution in [0.3, 0.4) is 0 Å². The van der Waals surface area contributed by atoms with Crippen molar-refractivity contribution in [3.8, 4) is 0 Å². The van der Waals surface area contributed by atoms with E-state index in [9.17, 15) is 0 Å². The second kappa shape index (κ2) is 22.2. The average molecular weight is 352 g/mol. The average Bonchev–Trinajstić information content (AvgIpc) is 2.60. The van der Waals surface area contributed by atoms with Crippen molar-refractivity contribution in [1.82, 2.24) is 5.32 Å². The van der Waals surface area contributed by atoms with E-state index in [1.165, 1.54) is 44.9 Å². The van der Waals surface area contributed by atoms with Crippen molar-refractivity contribution in [3.63, 3.8) is 0 Å². The molecule has 0 saturated carbocycles. The molecule has 2 heteroatoms. The smallest absolute Gasteiger partial charge is 0.0348 e. The zero-order valence-corrected chi connectivity index (χ0v) is 16.4. The van der Waals surface area contributed by atoms with Crippen molar-refractivity contribution in [2.45, 2.75) is 71.1 Å². The summed E-state index contributed by atoms with van der Waals surface area (Å²) in [7, 11) is 0. The number of hydrogen-bond donors (Lipinski definition) is 1. The lowest BCUT2D eigenvalue weighted by atomic mass is 10.2. The summed E-state index contributed by atoms with van der Waals surface area (Å²) >= 11 is 5.60. The van der Waals surface area contributed by atoms with E-state index >= 15 is 0 Å². The Labute approximate surface area is 155 Å². The topological polar surface area (TPSA) is 12.0 Å². The number of halogens is 1. The van der Waals surface area contributed by atoms with Crippen LogP contribution in [0.15, 0.2) is 48.6 Å². The Balaban J connectivity index is 3.33. The van der Waals surface area contributed by atoms with Crippen LogP contribution >= 0.6 is 11.6 Å². The quantitative estimate of drug-likeness (QED) is 0.169. The van der Waals surface area contributed by atoms with E-state index in [4.69, 9.17) is 11.6 Å². The van der Waals surface area contributed by atoms with Gasteiger partial charge in [0.2, 0.25) is 0 Å². The summed E-state index contributed by atoms with van der Waals surface area (Å²) in [6.07, 6.45) is 30.2. The SMILES string of the molecule is CCCCC/C=C/C/C=C/C/C=C/C/C=C/CCCCNCCCl. The summed E-state index contributed by atoms with van der Waals surface area (Å²) < 4.78 is 0. The Morgan fingerprint density at radius 1 is 0.625 bits per heavy atom. The zero-order chi connectivity index (χ0) is 17.6. The fraction of sp³-hybridized carbons (Fsp3) is 0.636. The minimum atomic E-state index is 0.706. The highest BCUT2D eigenvalue weighted by molar-refractivity contribution is 6.18. The van der Waals surface area contributed by atoms with E-state index in [0.29, 0.717) is 5.88 Å². The second-order valence-electron chi connectivity index (χ2n) is 6.02. The molecule has 1 N–H and O–H groups in total. The maximum Gasteiger partial charge on any atom is 0.0348 e. The van der Waals surface area contributed by atoms with Gasteiger partial charge >= 0.3 is 0 Å². The molecule has 0 fully saturated rings. The fourth-order valence-corrected chi connectivity index (χ4v) is 2.40. The van der Waals surface area contributed by atoms with Crippen LogP contribution < -0.4 is 5.32 Å². The summed E-state index contributed by atoms with van der Waals surface area (Å²) in [5.41, 5.74) is 0. The van der Waals surface area contributed by atoms with Crippen molar-refractivity contribution in [2.75, 3.05) is 19.0 Å². The lowest BCUT2D eigenvalue weighted by molar-refractivity contribution is 0.647. The maximum atomic E-state index is 5.60. The molecule has 0 aromatic rings. The van der Waals surface area contributed by atoms with E-state index < -0.39 is 0 Å². The van der Waals surface area contributed by atoms with Gasteiger partial charge in [-0.05, 0) is 57.9 Å². The van der Waals surface area contributed by atoms with Crippen LogP contribution in [-0.2, 0) is 0 Å². The predicted octanol–water partition coefficient (Wildman–Crippen LogP) is 6.96. The van der Waals surface area contributed by atoms with Gasteiger partial charge in [-0.3, -0.25) is 0 Å². The van der Waals surface area contributed by atoms with Gasteiger partial charge in [-0.25, -0.2) is 0 Å². The number of unbranched alkanes of at least 4 members (excludes halogenated alkanes) is 5. The second-order valence-corrected chi connectivity index (χ2v) is 6.40. The normalized spacial score (nSPS) is 12.6. The predicted molar refractivity (Wildman–Crippen MR) is 112 cm³/mol. The van der Waals surface area contributed by atoms with E-state index in [1.54, 1.807) is 0 Å². The van der Waals surface area contributed by atoms with Crippen LogP contribution in [0.25, 0.3) is 0 Å². The van der Waals surface area contributed by atoms with Crippen LogP contribution in [0, 0.1) is 0 Å². The van der Waals surface area contributed by atoms with E-state index in [-0.39, 0.29) is 0 Å². The first-order chi connectivity index (χ1) is 11.9. The Hall–Kier alpha value is -0.790. The summed E-state index contributed by atoms with van der Waals surface area (Å²) in [6, 6.07) is 0. The van der Waals surface area contributed by atoms with Crippen molar-refractivity contribution in [1.29, 1.82) is 0 Å². The summed E-state index contributed by atoms with van der Waals surface area (Å²) in [4.78, 5) is 0. The third-order valence-electron chi connectivity index (χ3n) is 3.70. The largest absolute Gasteiger partial charge is 0.316 e. The molecule has 0 spiro atoms. The van der Waals surface area contributed by atoms with Gasteiger partial charge in [-0.1, -0.05) is 68.4 Å². The van der Waals surface area contributed by atoms with Gasteiger partial charge in [-0.2, -0.15) is 0 Å². The molecule has 0 saturated heterocycles. The first-order valence-corrected chi connectivity index (χ1v) is 10.3. The van der Waals surface area contributed by atoms with Gasteiger partial charge in [0.25, 0.3) is 0 Å². The first kappa shape index (κ1) is 23.2. The van der Waals surface area contributed by atoms with Crippen molar-refractivity contribution < 1.29 is 0 Å². The lowest BCUT2D eigenvalue weighted by Crippen LogP contribution is -2.17. The Morgan fingerprint density at radius 2 is 1.12 bits per heavy atom. The molecule has 138 valence electrons. The molecule has 0 aromatic heterocycles. The van der Waals surface area contributed by atoms with Gasteiger partial charge in [-0.15, -0.1) is 11.6 Å². The lowest BCUT2D eigenvalue weighted by Gasteiger charge is -1.99. The van der Waals surface area contributed by atoms with E-state index in [1.807, 2.05) is 0 Å². The van der Waals surface area contributed by atoms with E-state index in [2.05, 4.69) is 60.8 Å². The summed E-state index contributed by atoms with van der Waals surface area (Å²) in [5.74, 6) is 0.706. The van der Waals surface area contributed by atoms with Gasteiger partial charge in [0.05, 0.1) is 0 Å². The third-order valence-corrected chi connectivity index (χ3v) is 3.89. The third kappa shape index (κ3) is 21.2. The minimum absolute atomic E-state index is 0.706. The van der Waals surface area contributed by atoms with Crippen LogP contribution in [-0.4, -0.2) is 19.0 Å². The highest BCUT2D eigenvalue weighted by Gasteiger charge is 1.86. The van der Waals surface area contributed by atoms with Crippen molar-refractivity contribution in [2.24, 2.45) is 0 Å². The monoisotopic (exact) mass is 351 g/mol. The first-order valence-electron chi connectivity index (χ1n) is 9.78. The maximum absolute atomic E-state index is 5.60. The van der Waals surface area contributed by atoms with Crippen molar-refractivity contribution in [3.05, 3.63) is 48.6 Å². The van der Waals surface area contributed by atoms with Gasteiger partial charge in [0, 0.05) is 12.4 Å². The number of allylic oxidation sites excluding steroid dienone is 8. The molecule has 0 atom stereocenters. The molecule has 0 aromatic carbocycles. The number of nitrogens with one attached hydrogen (secondary N) is 1. The van der Waals surface area contributed by atoms with Crippen LogP contribution in [0.1, 0.15) is 71.1 Å². The molecule has 0 aliphatic rings. The molecular formula is C22H38ClN. The molecule has 0 heterocycles.